The Morgan fingerprint density at radius 1 is 1.14 bits per heavy atom. The predicted octanol–water partition coefficient (Wildman–Crippen LogP) is 4.79. The molecule has 1 N–H and O–H groups in total. The molecule has 8 atom stereocenters. The largest absolute Gasteiger partial charge is 0.451 e. The van der Waals surface area contributed by atoms with Crippen molar-refractivity contribution in [2.45, 2.75) is 78.5 Å². The van der Waals surface area contributed by atoms with Crippen molar-refractivity contribution in [3.63, 3.8) is 0 Å². The van der Waals surface area contributed by atoms with Gasteiger partial charge in [-0.3, -0.25) is 4.79 Å². The van der Waals surface area contributed by atoms with E-state index >= 15 is 0 Å². The topological polar surface area (TPSA) is 82.1 Å². The summed E-state index contributed by atoms with van der Waals surface area (Å²) in [6.07, 6.45) is 2.88. The minimum absolute atomic E-state index is 0.0117. The molecule has 5 aliphatic rings. The number of aliphatic hydroxyl groups is 1. The van der Waals surface area contributed by atoms with Gasteiger partial charge in [-0.05, 0) is 80.1 Å². The van der Waals surface area contributed by atoms with Gasteiger partial charge in [0.2, 0.25) is 0 Å². The third kappa shape index (κ3) is 3.15. The van der Waals surface area contributed by atoms with Gasteiger partial charge in [0.25, 0.3) is 0 Å². The van der Waals surface area contributed by atoms with E-state index in [0.29, 0.717) is 17.1 Å². The molecule has 1 aromatic rings. The molecule has 0 unspecified atom stereocenters. The van der Waals surface area contributed by atoms with Crippen molar-refractivity contribution in [3.8, 4) is 0 Å². The molecule has 2 saturated carbocycles. The quantitative estimate of drug-likeness (QED) is 0.459. The number of hydrogen-bond acceptors (Lipinski definition) is 6. The number of rotatable bonds is 2. The summed E-state index contributed by atoms with van der Waals surface area (Å²) >= 11 is 0. The second kappa shape index (κ2) is 7.64. The molecule has 3 fully saturated rings. The van der Waals surface area contributed by atoms with Gasteiger partial charge in [0, 0.05) is 5.92 Å². The third-order valence-electron chi connectivity index (χ3n) is 10.3. The van der Waals surface area contributed by atoms with Crippen molar-refractivity contribution >= 4 is 11.8 Å². The van der Waals surface area contributed by atoms with Crippen LogP contribution < -0.4 is 0 Å². The van der Waals surface area contributed by atoms with E-state index in [1.807, 2.05) is 52.0 Å². The highest BCUT2D eigenvalue weighted by Crippen LogP contribution is 2.72. The summed E-state index contributed by atoms with van der Waals surface area (Å²) in [7, 11) is 0. The molecule has 0 aromatic heterocycles. The Labute approximate surface area is 219 Å². The number of allylic oxidation sites excluding steroid dienone is 1. The highest BCUT2D eigenvalue weighted by Gasteiger charge is 2.77. The zero-order valence-electron chi connectivity index (χ0n) is 22.8. The van der Waals surface area contributed by atoms with E-state index in [1.165, 1.54) is 0 Å². The number of carbonyl (C=O) groups excluding carboxylic acids is 2. The summed E-state index contributed by atoms with van der Waals surface area (Å²) in [4.78, 5) is 28.2. The third-order valence-corrected chi connectivity index (χ3v) is 10.3. The molecular formula is C31H38O6. The number of fused-ring (bicyclic) bond motifs is 5. The van der Waals surface area contributed by atoms with Gasteiger partial charge in [-0.2, -0.15) is 0 Å². The first kappa shape index (κ1) is 25.0. The Hall–Kier alpha value is -2.28. The van der Waals surface area contributed by atoms with E-state index in [-0.39, 0.29) is 35.6 Å². The molecule has 37 heavy (non-hydrogen) atoms. The van der Waals surface area contributed by atoms with Crippen LogP contribution in [0.3, 0.4) is 0 Å². The van der Waals surface area contributed by atoms with Crippen molar-refractivity contribution in [2.75, 3.05) is 6.61 Å². The van der Waals surface area contributed by atoms with Gasteiger partial charge in [0.15, 0.2) is 23.3 Å². The van der Waals surface area contributed by atoms with E-state index < -0.39 is 35.0 Å². The Bertz CT molecular complexity index is 1260. The number of benzene rings is 1. The maximum absolute atomic E-state index is 14.7. The number of Topliss-reactive ketones (excluding diaryl/α,β-unsaturated/α-hetero) is 1. The second-order valence-corrected chi connectivity index (χ2v) is 13.1. The lowest BCUT2D eigenvalue weighted by Gasteiger charge is -2.52. The van der Waals surface area contributed by atoms with Crippen molar-refractivity contribution in [1.29, 1.82) is 0 Å². The lowest BCUT2D eigenvalue weighted by atomic mass is 9.59. The van der Waals surface area contributed by atoms with E-state index in [1.54, 1.807) is 12.1 Å². The Morgan fingerprint density at radius 3 is 2.54 bits per heavy atom. The van der Waals surface area contributed by atoms with Crippen LogP contribution in [0, 0.1) is 41.4 Å². The number of hydrogen-bond donors (Lipinski definition) is 1. The minimum Gasteiger partial charge on any atom is -0.451 e. The first-order chi connectivity index (χ1) is 17.3. The van der Waals surface area contributed by atoms with Gasteiger partial charge in [0.1, 0.15) is 6.10 Å². The molecule has 2 bridgehead atoms. The number of aryl methyl sites for hydroxylation is 1. The Balaban J connectivity index is 1.52. The van der Waals surface area contributed by atoms with Gasteiger partial charge in [-0.15, -0.1) is 0 Å². The number of ether oxygens (including phenoxy) is 3. The van der Waals surface area contributed by atoms with Crippen LogP contribution >= 0.6 is 0 Å². The second-order valence-electron chi connectivity index (χ2n) is 13.1. The maximum atomic E-state index is 14.7. The standard InChI is InChI=1S/C31H38O6/c1-16-10-8-9-11-20(16)27(33)36-25-17(2)14-30-18(3)12-22-23(28(22,4)5)21(24(30)32)13-19-15-35-29(6,7)37-26(19)31(25,30)34/h8-11,13-14,18,21-23,25-26,34H,12,15H2,1-7H3/t18-,21+,22-,23+,25+,26-,30+,31-/m1/s1. The van der Waals surface area contributed by atoms with E-state index in [9.17, 15) is 14.7 Å². The van der Waals surface area contributed by atoms with Crippen LogP contribution in [0.5, 0.6) is 0 Å². The van der Waals surface area contributed by atoms with Crippen molar-refractivity contribution in [1.82, 2.24) is 0 Å². The molecule has 0 radical (unpaired) electrons. The summed E-state index contributed by atoms with van der Waals surface area (Å²) in [6, 6.07) is 7.25. The molecular weight excluding hydrogens is 468 g/mol. The predicted molar refractivity (Wildman–Crippen MR) is 138 cm³/mol. The average molecular weight is 507 g/mol. The van der Waals surface area contributed by atoms with E-state index in [2.05, 4.69) is 20.8 Å². The minimum atomic E-state index is -1.80. The smallest absolute Gasteiger partial charge is 0.339 e. The van der Waals surface area contributed by atoms with Crippen LogP contribution in [0.1, 0.15) is 63.9 Å². The maximum Gasteiger partial charge on any atom is 0.339 e. The molecule has 1 aromatic carbocycles. The summed E-state index contributed by atoms with van der Waals surface area (Å²) in [5.74, 6) is -1.40. The van der Waals surface area contributed by atoms with Crippen LogP contribution in [-0.4, -0.2) is 47.1 Å². The van der Waals surface area contributed by atoms with E-state index in [4.69, 9.17) is 14.2 Å². The SMILES string of the molecule is CC1=C[C@]23C(=O)[C@@H](C=C4COC(C)(C)O[C@H]4[C@]2(O)[C@H]1OC(=O)c1ccccc1C)[C@H]1[C@@H](C[C@H]3C)C1(C)C. The molecule has 6 nitrogen and oxygen atoms in total. The monoisotopic (exact) mass is 506 g/mol. The molecule has 1 spiro atoms. The van der Waals surface area contributed by atoms with E-state index in [0.717, 1.165) is 17.6 Å². The first-order valence-electron chi connectivity index (χ1n) is 13.5. The van der Waals surface area contributed by atoms with Crippen molar-refractivity contribution < 1.29 is 28.9 Å². The molecule has 1 aliphatic heterocycles. The fourth-order valence-electron chi connectivity index (χ4n) is 8.27. The Morgan fingerprint density at radius 2 is 1.84 bits per heavy atom. The average Bonchev–Trinajstić information content (AvgIpc) is 3.31. The van der Waals surface area contributed by atoms with Crippen molar-refractivity contribution in [3.05, 3.63) is 58.7 Å². The van der Waals surface area contributed by atoms with Gasteiger partial charge < -0.3 is 19.3 Å². The molecule has 1 saturated heterocycles. The van der Waals surface area contributed by atoms with Crippen LogP contribution in [0.25, 0.3) is 0 Å². The van der Waals surface area contributed by atoms with Crippen LogP contribution in [0.2, 0.25) is 0 Å². The van der Waals surface area contributed by atoms with Crippen LogP contribution in [0.4, 0.5) is 0 Å². The number of ketones is 1. The van der Waals surface area contributed by atoms with Gasteiger partial charge in [0.05, 0.1) is 17.6 Å². The number of esters is 1. The fourth-order valence-corrected chi connectivity index (χ4v) is 8.27. The van der Waals surface area contributed by atoms with Crippen LogP contribution in [0.15, 0.2) is 47.6 Å². The summed E-state index contributed by atoms with van der Waals surface area (Å²) in [6.45, 7) is 14.2. The molecule has 4 aliphatic carbocycles. The summed E-state index contributed by atoms with van der Waals surface area (Å²) in [5, 5.41) is 13.0. The molecule has 6 rings (SSSR count). The fraction of sp³-hybridized carbons (Fsp3) is 0.613. The molecule has 198 valence electrons. The van der Waals surface area contributed by atoms with Gasteiger partial charge in [-0.1, -0.05) is 51.1 Å². The first-order valence-corrected chi connectivity index (χ1v) is 13.5. The normalized spacial score (nSPS) is 42.8. The highest BCUT2D eigenvalue weighted by atomic mass is 16.7. The molecule has 6 heteroatoms. The molecule has 0 amide bonds. The Kier molecular flexibility index (Phi) is 5.17. The van der Waals surface area contributed by atoms with Crippen LogP contribution in [-0.2, 0) is 19.0 Å². The lowest BCUT2D eigenvalue weighted by molar-refractivity contribution is -0.302. The van der Waals surface area contributed by atoms with Crippen molar-refractivity contribution in [2.24, 2.45) is 34.5 Å². The highest BCUT2D eigenvalue weighted by molar-refractivity contribution is 5.96. The zero-order chi connectivity index (χ0) is 26.7. The van der Waals surface area contributed by atoms with Gasteiger partial charge in [-0.25, -0.2) is 4.79 Å². The van der Waals surface area contributed by atoms with Gasteiger partial charge >= 0.3 is 5.97 Å². The lowest BCUT2D eigenvalue weighted by Crippen LogP contribution is -2.68. The summed E-state index contributed by atoms with van der Waals surface area (Å²) in [5.41, 5.74) is -0.301. The zero-order valence-corrected chi connectivity index (χ0v) is 22.8. The number of carbonyl (C=O) groups is 2. The molecule has 1 heterocycles. The summed E-state index contributed by atoms with van der Waals surface area (Å²) < 4.78 is 18.7.